The molecule has 0 saturated carbocycles. The van der Waals surface area contributed by atoms with Crippen molar-refractivity contribution in [1.82, 2.24) is 14.9 Å². The third-order valence-electron chi connectivity index (χ3n) is 4.77. The van der Waals surface area contributed by atoms with Crippen molar-refractivity contribution in [3.63, 3.8) is 0 Å². The predicted octanol–water partition coefficient (Wildman–Crippen LogP) is 6.00. The second-order valence-corrected chi connectivity index (χ2v) is 8.57. The lowest BCUT2D eigenvalue weighted by molar-refractivity contribution is 0.284. The lowest BCUT2D eigenvalue weighted by Crippen LogP contribution is -1.99. The van der Waals surface area contributed by atoms with Crippen LogP contribution in [-0.2, 0) is 12.4 Å². The Labute approximate surface area is 202 Å². The van der Waals surface area contributed by atoms with Gasteiger partial charge >= 0.3 is 0 Å². The number of hydrogen-bond acceptors (Lipinski definition) is 6. The van der Waals surface area contributed by atoms with Crippen LogP contribution < -0.4 is 9.47 Å². The lowest BCUT2D eigenvalue weighted by atomic mass is 10.2. The van der Waals surface area contributed by atoms with Crippen molar-refractivity contribution in [3.8, 4) is 11.5 Å². The molecule has 0 atom stereocenters. The van der Waals surface area contributed by atoms with E-state index in [0.717, 1.165) is 27.9 Å². The molecule has 0 spiro atoms. The highest BCUT2D eigenvalue weighted by Gasteiger charge is 2.10. The first-order chi connectivity index (χ1) is 16.1. The van der Waals surface area contributed by atoms with Crippen LogP contribution in [0.1, 0.15) is 22.5 Å². The van der Waals surface area contributed by atoms with E-state index in [-0.39, 0.29) is 0 Å². The van der Waals surface area contributed by atoms with Crippen molar-refractivity contribution in [2.45, 2.75) is 24.4 Å². The van der Waals surface area contributed by atoms with Crippen LogP contribution in [-0.4, -0.2) is 28.2 Å². The number of halogens is 1. The Morgan fingerprint density at radius 2 is 1.79 bits per heavy atom. The van der Waals surface area contributed by atoms with Gasteiger partial charge in [0.05, 0.1) is 13.3 Å². The fourth-order valence-corrected chi connectivity index (χ4v) is 4.18. The average Bonchev–Trinajstić information content (AvgIpc) is 3.20. The number of benzene rings is 3. The average molecular weight is 479 g/mol. The second-order valence-electron chi connectivity index (χ2n) is 7.19. The first-order valence-electron chi connectivity index (χ1n) is 10.3. The number of aromatic nitrogens is 3. The molecule has 4 aromatic rings. The van der Waals surface area contributed by atoms with Crippen molar-refractivity contribution < 1.29 is 9.47 Å². The molecule has 8 heteroatoms. The second kappa shape index (κ2) is 11.0. The van der Waals surface area contributed by atoms with Crippen molar-refractivity contribution in [1.29, 1.82) is 0 Å². The molecule has 0 amide bonds. The number of thioether (sulfide) groups is 1. The van der Waals surface area contributed by atoms with E-state index >= 15 is 0 Å². The summed E-state index contributed by atoms with van der Waals surface area (Å²) in [7, 11) is 1.62. The maximum absolute atomic E-state index is 6.05. The summed E-state index contributed by atoms with van der Waals surface area (Å²) < 4.78 is 13.2. The van der Waals surface area contributed by atoms with Gasteiger partial charge in [0.15, 0.2) is 17.3 Å². The fourth-order valence-electron chi connectivity index (χ4n) is 3.08. The molecule has 0 fully saturated rings. The molecular formula is C25H23ClN4O2S. The minimum Gasteiger partial charge on any atom is -0.493 e. The molecule has 0 N–H and O–H groups in total. The number of nitrogens with zero attached hydrogens (tertiary/aromatic N) is 4. The monoisotopic (exact) mass is 478 g/mol. The van der Waals surface area contributed by atoms with Crippen LogP contribution in [0.3, 0.4) is 0 Å². The van der Waals surface area contributed by atoms with Gasteiger partial charge in [0, 0.05) is 10.8 Å². The number of rotatable bonds is 9. The quantitative estimate of drug-likeness (QED) is 0.218. The van der Waals surface area contributed by atoms with Crippen LogP contribution in [0.15, 0.2) is 83.1 Å². The zero-order valence-corrected chi connectivity index (χ0v) is 19.9. The summed E-state index contributed by atoms with van der Waals surface area (Å²) in [6.45, 7) is 2.27. The van der Waals surface area contributed by atoms with Crippen molar-refractivity contribution in [3.05, 3.63) is 100 Å². The topological polar surface area (TPSA) is 61.5 Å². The molecule has 0 aliphatic carbocycles. The molecule has 6 nitrogen and oxygen atoms in total. The number of ether oxygens (including phenoxy) is 2. The number of methoxy groups -OCH3 is 1. The van der Waals surface area contributed by atoms with Crippen LogP contribution in [0.5, 0.6) is 11.5 Å². The van der Waals surface area contributed by atoms with E-state index < -0.39 is 0 Å². The Hall–Kier alpha value is -3.29. The van der Waals surface area contributed by atoms with Crippen LogP contribution in [0.4, 0.5) is 0 Å². The predicted molar refractivity (Wildman–Crippen MR) is 133 cm³/mol. The number of aryl methyl sites for hydroxylation is 1. The summed E-state index contributed by atoms with van der Waals surface area (Å²) in [6.07, 6.45) is 1.76. The van der Waals surface area contributed by atoms with Gasteiger partial charge < -0.3 is 9.47 Å². The summed E-state index contributed by atoms with van der Waals surface area (Å²) >= 11 is 7.64. The first kappa shape index (κ1) is 22.9. The molecule has 3 aromatic carbocycles. The highest BCUT2D eigenvalue weighted by molar-refractivity contribution is 7.98. The fraction of sp³-hybridized carbons (Fsp3) is 0.160. The minimum absolute atomic E-state index is 0.395. The molecule has 0 aliphatic heterocycles. The van der Waals surface area contributed by atoms with Gasteiger partial charge in [0.1, 0.15) is 6.61 Å². The Bertz CT molecular complexity index is 1240. The molecular weight excluding hydrogens is 456 g/mol. The SMILES string of the molecule is COc1cc(/C=N/n2c(C)nnc2SCc2ccccc2)ccc1OCc1cccc(Cl)c1. The minimum atomic E-state index is 0.395. The van der Waals surface area contributed by atoms with Crippen LogP contribution in [0.2, 0.25) is 5.02 Å². The zero-order chi connectivity index (χ0) is 23.0. The van der Waals surface area contributed by atoms with Gasteiger partial charge in [-0.2, -0.15) is 9.78 Å². The molecule has 168 valence electrons. The van der Waals surface area contributed by atoms with E-state index in [0.29, 0.717) is 23.1 Å². The lowest BCUT2D eigenvalue weighted by Gasteiger charge is -2.11. The highest BCUT2D eigenvalue weighted by atomic mass is 35.5. The smallest absolute Gasteiger partial charge is 0.212 e. The molecule has 0 bridgehead atoms. The van der Waals surface area contributed by atoms with E-state index in [1.165, 1.54) is 5.56 Å². The molecule has 0 saturated heterocycles. The number of hydrogen-bond donors (Lipinski definition) is 0. The van der Waals surface area contributed by atoms with Gasteiger partial charge in [-0.05, 0) is 53.9 Å². The Morgan fingerprint density at radius 1 is 0.970 bits per heavy atom. The molecule has 0 radical (unpaired) electrons. The van der Waals surface area contributed by atoms with E-state index in [1.54, 1.807) is 29.8 Å². The van der Waals surface area contributed by atoms with Crippen molar-refractivity contribution in [2.24, 2.45) is 5.10 Å². The summed E-state index contributed by atoms with van der Waals surface area (Å²) in [6, 6.07) is 23.5. The molecule has 1 aromatic heterocycles. The van der Waals surface area contributed by atoms with Gasteiger partial charge in [0.25, 0.3) is 0 Å². The van der Waals surface area contributed by atoms with E-state index in [9.17, 15) is 0 Å². The van der Waals surface area contributed by atoms with E-state index in [2.05, 4.69) is 27.4 Å². The molecule has 0 unspecified atom stereocenters. The summed E-state index contributed by atoms with van der Waals surface area (Å²) in [5, 5.41) is 14.4. The third-order valence-corrected chi connectivity index (χ3v) is 6.00. The summed E-state index contributed by atoms with van der Waals surface area (Å²) in [4.78, 5) is 0. The van der Waals surface area contributed by atoms with Crippen LogP contribution in [0.25, 0.3) is 0 Å². The standard InChI is InChI=1S/C25H23ClN4O2S/c1-18-28-29-25(33-17-19-7-4-3-5-8-19)30(18)27-15-20-11-12-23(24(14-20)31-2)32-16-21-9-6-10-22(26)13-21/h3-15H,16-17H2,1-2H3/b27-15+. The van der Waals surface area contributed by atoms with Crippen LogP contribution in [0, 0.1) is 6.92 Å². The summed E-state index contributed by atoms with van der Waals surface area (Å²) in [5.74, 6) is 2.78. The van der Waals surface area contributed by atoms with Gasteiger partial charge in [-0.1, -0.05) is 65.8 Å². The summed E-state index contributed by atoms with van der Waals surface area (Å²) in [5.41, 5.74) is 3.07. The normalized spacial score (nSPS) is 11.1. The van der Waals surface area contributed by atoms with Crippen molar-refractivity contribution >= 4 is 29.6 Å². The van der Waals surface area contributed by atoms with Gasteiger partial charge in [-0.3, -0.25) is 0 Å². The maximum Gasteiger partial charge on any atom is 0.212 e. The third kappa shape index (κ3) is 6.15. The Morgan fingerprint density at radius 3 is 2.58 bits per heavy atom. The van der Waals surface area contributed by atoms with E-state index in [1.807, 2.05) is 67.6 Å². The van der Waals surface area contributed by atoms with Gasteiger partial charge in [-0.15, -0.1) is 10.2 Å². The van der Waals surface area contributed by atoms with E-state index in [4.69, 9.17) is 21.1 Å². The van der Waals surface area contributed by atoms with Crippen LogP contribution >= 0.6 is 23.4 Å². The molecule has 1 heterocycles. The Balaban J connectivity index is 1.45. The van der Waals surface area contributed by atoms with Gasteiger partial charge in [0.2, 0.25) is 5.16 Å². The largest absolute Gasteiger partial charge is 0.493 e. The molecule has 33 heavy (non-hydrogen) atoms. The highest BCUT2D eigenvalue weighted by Crippen LogP contribution is 2.29. The van der Waals surface area contributed by atoms with Crippen molar-refractivity contribution in [2.75, 3.05) is 7.11 Å². The zero-order valence-electron chi connectivity index (χ0n) is 18.3. The molecule has 0 aliphatic rings. The Kier molecular flexibility index (Phi) is 7.65. The van der Waals surface area contributed by atoms with Gasteiger partial charge in [-0.25, -0.2) is 0 Å². The maximum atomic E-state index is 6.05. The molecule has 4 rings (SSSR count). The first-order valence-corrected chi connectivity index (χ1v) is 11.7.